The Morgan fingerprint density at radius 2 is 1.62 bits per heavy atom. The summed E-state index contributed by atoms with van der Waals surface area (Å²) < 4.78 is 0.287. The van der Waals surface area contributed by atoms with E-state index in [1.54, 1.807) is 36.4 Å². The molecule has 1 atom stereocenters. The van der Waals surface area contributed by atoms with Gasteiger partial charge < -0.3 is 0 Å². The van der Waals surface area contributed by atoms with Crippen LogP contribution < -0.4 is 4.90 Å². The monoisotopic (exact) mass is 420 g/mol. The first-order chi connectivity index (χ1) is 14.1. The number of thiocarbonyl (C=S) groups is 1. The van der Waals surface area contributed by atoms with Crippen LogP contribution in [-0.2, 0) is 14.4 Å². The van der Waals surface area contributed by atoms with Gasteiger partial charge in [-0.05, 0) is 23.8 Å². The number of para-hydroxylation sites is 1. The SMILES string of the molecule is O=C1C[C@@H](N2C(=O)/C(=C/C=C/c3ccccc3)SC2=S)C(=O)N1c1ccccc1. The Morgan fingerprint density at radius 1 is 0.966 bits per heavy atom. The number of amides is 3. The van der Waals surface area contributed by atoms with Crippen molar-refractivity contribution in [1.82, 2.24) is 4.90 Å². The molecule has 0 radical (unpaired) electrons. The largest absolute Gasteiger partial charge is 0.280 e. The van der Waals surface area contributed by atoms with Gasteiger partial charge in [-0.15, -0.1) is 0 Å². The molecule has 0 saturated carbocycles. The van der Waals surface area contributed by atoms with Gasteiger partial charge in [0.05, 0.1) is 17.0 Å². The lowest BCUT2D eigenvalue weighted by Crippen LogP contribution is -2.44. The summed E-state index contributed by atoms with van der Waals surface area (Å²) in [5.74, 6) is -1.12. The molecule has 0 bridgehead atoms. The number of hydrogen-bond acceptors (Lipinski definition) is 5. The second-order valence-corrected chi connectivity index (χ2v) is 8.14. The van der Waals surface area contributed by atoms with Crippen molar-refractivity contribution in [3.05, 3.63) is 83.3 Å². The molecular formula is C22H16N2O3S2. The van der Waals surface area contributed by atoms with E-state index in [-0.39, 0.29) is 22.6 Å². The third kappa shape index (κ3) is 3.79. The number of rotatable bonds is 4. The number of hydrogen-bond donors (Lipinski definition) is 0. The number of carbonyl (C=O) groups excluding carboxylic acids is 3. The molecule has 2 aromatic carbocycles. The summed E-state index contributed by atoms with van der Waals surface area (Å²) in [5, 5.41) is 0. The highest BCUT2D eigenvalue weighted by Gasteiger charge is 2.48. The van der Waals surface area contributed by atoms with E-state index in [0.29, 0.717) is 10.6 Å². The van der Waals surface area contributed by atoms with Crippen LogP contribution in [-0.4, -0.2) is 33.0 Å². The summed E-state index contributed by atoms with van der Waals surface area (Å²) in [6.45, 7) is 0. The summed E-state index contributed by atoms with van der Waals surface area (Å²) in [6, 6.07) is 17.5. The van der Waals surface area contributed by atoms with Gasteiger partial charge in [0, 0.05) is 0 Å². The average molecular weight is 421 g/mol. The third-order valence-corrected chi connectivity index (χ3v) is 5.96. The lowest BCUT2D eigenvalue weighted by molar-refractivity contribution is -0.130. The molecule has 2 saturated heterocycles. The van der Waals surface area contributed by atoms with E-state index in [9.17, 15) is 14.4 Å². The number of allylic oxidation sites excluding steroid dienone is 2. The maximum Gasteiger partial charge on any atom is 0.266 e. The van der Waals surface area contributed by atoms with Gasteiger partial charge in [0.1, 0.15) is 10.4 Å². The van der Waals surface area contributed by atoms with Crippen molar-refractivity contribution in [3.8, 4) is 0 Å². The van der Waals surface area contributed by atoms with Crippen molar-refractivity contribution < 1.29 is 14.4 Å². The number of carbonyl (C=O) groups is 3. The van der Waals surface area contributed by atoms with Crippen molar-refractivity contribution in [1.29, 1.82) is 0 Å². The van der Waals surface area contributed by atoms with E-state index in [2.05, 4.69) is 0 Å². The molecule has 29 heavy (non-hydrogen) atoms. The molecule has 144 valence electrons. The van der Waals surface area contributed by atoms with Crippen LogP contribution in [0, 0.1) is 0 Å². The van der Waals surface area contributed by atoms with Crippen LogP contribution in [0.25, 0.3) is 6.08 Å². The Hall–Kier alpha value is -3.03. The summed E-state index contributed by atoms with van der Waals surface area (Å²) >= 11 is 6.48. The number of thioether (sulfide) groups is 1. The molecule has 2 heterocycles. The Balaban J connectivity index is 1.53. The second kappa shape index (κ2) is 8.14. The van der Waals surface area contributed by atoms with E-state index >= 15 is 0 Å². The molecule has 3 amide bonds. The van der Waals surface area contributed by atoms with Gasteiger partial charge in [0.25, 0.3) is 11.8 Å². The number of anilines is 1. The van der Waals surface area contributed by atoms with E-state index < -0.39 is 11.9 Å². The van der Waals surface area contributed by atoms with Crippen molar-refractivity contribution >= 4 is 57.8 Å². The Kier molecular flexibility index (Phi) is 5.42. The molecule has 0 aromatic heterocycles. The molecule has 4 rings (SSSR count). The fourth-order valence-electron chi connectivity index (χ4n) is 3.24. The quantitative estimate of drug-likeness (QED) is 0.428. The smallest absolute Gasteiger partial charge is 0.266 e. The Bertz CT molecular complexity index is 1050. The van der Waals surface area contributed by atoms with Crippen molar-refractivity contribution in [2.75, 3.05) is 4.90 Å². The zero-order valence-corrected chi connectivity index (χ0v) is 16.9. The topological polar surface area (TPSA) is 57.7 Å². The third-order valence-electron chi connectivity index (χ3n) is 4.61. The number of nitrogens with zero attached hydrogens (tertiary/aromatic N) is 2. The van der Waals surface area contributed by atoms with Gasteiger partial charge in [0.2, 0.25) is 5.91 Å². The van der Waals surface area contributed by atoms with Crippen LogP contribution in [0.1, 0.15) is 12.0 Å². The number of benzene rings is 2. The first-order valence-corrected chi connectivity index (χ1v) is 10.2. The van der Waals surface area contributed by atoms with Gasteiger partial charge in [-0.1, -0.05) is 84.7 Å². The fraction of sp³-hybridized carbons (Fsp3) is 0.0909. The van der Waals surface area contributed by atoms with Gasteiger partial charge in [-0.25, -0.2) is 4.90 Å². The standard InChI is InChI=1S/C22H16N2O3S2/c25-19-14-17(20(26)23(19)16-11-5-2-6-12-16)24-21(27)18(29-22(24)28)13-7-10-15-8-3-1-4-9-15/h1-13,17H,14H2/b10-7+,18-13-/t17-/m1/s1. The first kappa shape index (κ1) is 19.3. The number of imide groups is 1. The van der Waals surface area contributed by atoms with E-state index in [4.69, 9.17) is 12.2 Å². The predicted octanol–water partition coefficient (Wildman–Crippen LogP) is 3.78. The summed E-state index contributed by atoms with van der Waals surface area (Å²) in [7, 11) is 0. The van der Waals surface area contributed by atoms with Crippen molar-refractivity contribution in [2.45, 2.75) is 12.5 Å². The molecular weight excluding hydrogens is 404 g/mol. The van der Waals surface area contributed by atoms with Crippen molar-refractivity contribution in [2.24, 2.45) is 0 Å². The minimum absolute atomic E-state index is 0.0761. The molecule has 2 aromatic rings. The van der Waals surface area contributed by atoms with Crippen LogP contribution in [0.15, 0.2) is 77.7 Å². The average Bonchev–Trinajstić information content (AvgIpc) is 3.17. The summed E-state index contributed by atoms with van der Waals surface area (Å²) in [5.41, 5.74) is 1.51. The molecule has 5 nitrogen and oxygen atoms in total. The van der Waals surface area contributed by atoms with Gasteiger partial charge >= 0.3 is 0 Å². The van der Waals surface area contributed by atoms with E-state index in [1.165, 1.54) is 4.90 Å². The van der Waals surface area contributed by atoms with Crippen LogP contribution in [0.3, 0.4) is 0 Å². The molecule has 0 spiro atoms. The van der Waals surface area contributed by atoms with Gasteiger partial charge in [-0.2, -0.15) is 0 Å². The second-order valence-electron chi connectivity index (χ2n) is 6.47. The fourth-order valence-corrected chi connectivity index (χ4v) is 4.55. The molecule has 0 N–H and O–H groups in total. The molecule has 2 fully saturated rings. The van der Waals surface area contributed by atoms with Crippen LogP contribution in [0.4, 0.5) is 5.69 Å². The summed E-state index contributed by atoms with van der Waals surface area (Å²) in [4.78, 5) is 41.1. The maximum absolute atomic E-state index is 12.9. The highest BCUT2D eigenvalue weighted by Crippen LogP contribution is 2.36. The normalized spacial score (nSPS) is 21.2. The highest BCUT2D eigenvalue weighted by atomic mass is 32.2. The molecule has 2 aliphatic rings. The minimum Gasteiger partial charge on any atom is -0.280 e. The zero-order chi connectivity index (χ0) is 20.4. The van der Waals surface area contributed by atoms with Gasteiger partial charge in [0.15, 0.2) is 0 Å². The predicted molar refractivity (Wildman–Crippen MR) is 118 cm³/mol. The van der Waals surface area contributed by atoms with Crippen LogP contribution >= 0.6 is 24.0 Å². The van der Waals surface area contributed by atoms with Crippen LogP contribution in [0.2, 0.25) is 0 Å². The van der Waals surface area contributed by atoms with Crippen LogP contribution in [0.5, 0.6) is 0 Å². The molecule has 7 heteroatoms. The van der Waals surface area contributed by atoms with Gasteiger partial charge in [-0.3, -0.25) is 19.3 Å². The first-order valence-electron chi connectivity index (χ1n) is 8.97. The molecule has 0 unspecified atom stereocenters. The molecule has 0 aliphatic carbocycles. The lowest BCUT2D eigenvalue weighted by atomic mass is 10.2. The molecule has 2 aliphatic heterocycles. The zero-order valence-electron chi connectivity index (χ0n) is 15.2. The highest BCUT2D eigenvalue weighted by molar-refractivity contribution is 8.26. The Morgan fingerprint density at radius 3 is 2.31 bits per heavy atom. The Labute approximate surface area is 177 Å². The lowest BCUT2D eigenvalue weighted by Gasteiger charge is -2.21. The maximum atomic E-state index is 12.9. The summed E-state index contributed by atoms with van der Waals surface area (Å²) in [6.07, 6.45) is 5.27. The van der Waals surface area contributed by atoms with E-state index in [0.717, 1.165) is 22.2 Å². The van der Waals surface area contributed by atoms with E-state index in [1.807, 2.05) is 42.5 Å². The minimum atomic E-state index is -0.904. The van der Waals surface area contributed by atoms with Crippen molar-refractivity contribution in [3.63, 3.8) is 0 Å².